The Morgan fingerprint density at radius 2 is 1.83 bits per heavy atom. The third-order valence-electron chi connectivity index (χ3n) is 6.69. The molecule has 0 aliphatic heterocycles. The standard InChI is InChI=1S/C24H27FN6O4/c1-12-11-27-23(25)30-14(12)21(24(2)8-5-6-9-24)29-16-15(19(33)20(16)34)28-13-7-10-26-17(18(13)32)22(35)31(3)4/h7,10-11,21,29,32H,5-6,8-9H2,1-4H3,(H,26,28)/t21-/m0/s1. The maximum Gasteiger partial charge on any atom is 0.308 e. The zero-order valence-corrected chi connectivity index (χ0v) is 20.0. The van der Waals surface area contributed by atoms with Gasteiger partial charge in [0.05, 0.1) is 17.4 Å². The third kappa shape index (κ3) is 4.33. The Kier molecular flexibility index (Phi) is 6.27. The largest absolute Gasteiger partial charge is 0.504 e. The van der Waals surface area contributed by atoms with Crippen molar-refractivity contribution in [1.82, 2.24) is 19.9 Å². The average Bonchev–Trinajstić information content (AvgIpc) is 3.27. The van der Waals surface area contributed by atoms with Crippen molar-refractivity contribution in [2.24, 2.45) is 5.41 Å². The summed E-state index contributed by atoms with van der Waals surface area (Å²) in [6.45, 7) is 3.81. The quantitative estimate of drug-likeness (QED) is 0.343. The molecule has 184 valence electrons. The Morgan fingerprint density at radius 1 is 1.17 bits per heavy atom. The molecule has 2 heterocycles. The summed E-state index contributed by atoms with van der Waals surface area (Å²) >= 11 is 0. The molecule has 3 aromatic rings. The van der Waals surface area contributed by atoms with Gasteiger partial charge < -0.3 is 20.6 Å². The molecule has 1 amide bonds. The van der Waals surface area contributed by atoms with E-state index in [-0.39, 0.29) is 28.2 Å². The normalized spacial score (nSPS) is 15.7. The van der Waals surface area contributed by atoms with Gasteiger partial charge in [0.2, 0.25) is 0 Å². The number of carbonyl (C=O) groups is 1. The van der Waals surface area contributed by atoms with E-state index in [1.165, 1.54) is 37.5 Å². The van der Waals surface area contributed by atoms with Crippen LogP contribution in [0.3, 0.4) is 0 Å². The van der Waals surface area contributed by atoms with Crippen molar-refractivity contribution in [3.05, 3.63) is 61.9 Å². The number of amides is 1. The number of anilines is 3. The maximum atomic E-state index is 14.0. The first-order valence-electron chi connectivity index (χ1n) is 11.3. The van der Waals surface area contributed by atoms with Gasteiger partial charge >= 0.3 is 6.08 Å². The molecule has 2 aromatic heterocycles. The topological polar surface area (TPSA) is 137 Å². The lowest BCUT2D eigenvalue weighted by Crippen LogP contribution is -2.40. The van der Waals surface area contributed by atoms with Crippen LogP contribution in [0.1, 0.15) is 60.4 Å². The van der Waals surface area contributed by atoms with Crippen molar-refractivity contribution < 1.29 is 14.3 Å². The number of carbonyl (C=O) groups excluding carboxylic acids is 1. The van der Waals surface area contributed by atoms with Crippen LogP contribution >= 0.6 is 0 Å². The number of aromatic hydroxyl groups is 1. The van der Waals surface area contributed by atoms with Gasteiger partial charge in [-0.05, 0) is 36.8 Å². The predicted molar refractivity (Wildman–Crippen MR) is 128 cm³/mol. The molecule has 1 aliphatic carbocycles. The summed E-state index contributed by atoms with van der Waals surface area (Å²) < 4.78 is 14.0. The molecule has 1 fully saturated rings. The smallest absolute Gasteiger partial charge is 0.308 e. The number of hydrogen-bond acceptors (Lipinski definition) is 9. The molecule has 0 saturated heterocycles. The molecule has 0 spiro atoms. The van der Waals surface area contributed by atoms with Crippen molar-refractivity contribution in [3.8, 4) is 5.75 Å². The van der Waals surface area contributed by atoms with Crippen LogP contribution in [-0.2, 0) is 0 Å². The van der Waals surface area contributed by atoms with Crippen LogP contribution in [0.25, 0.3) is 0 Å². The van der Waals surface area contributed by atoms with Gasteiger partial charge in [0, 0.05) is 26.5 Å². The minimum absolute atomic E-state index is 0.0169. The summed E-state index contributed by atoms with van der Waals surface area (Å²) in [6.07, 6.45) is 5.45. The molecule has 1 aliphatic rings. The fraction of sp³-hybridized carbons (Fsp3) is 0.417. The van der Waals surface area contributed by atoms with Crippen molar-refractivity contribution in [2.75, 3.05) is 24.7 Å². The van der Waals surface area contributed by atoms with Crippen LogP contribution in [0.2, 0.25) is 0 Å². The molecule has 10 nitrogen and oxygen atoms in total. The van der Waals surface area contributed by atoms with Crippen LogP contribution in [0.4, 0.5) is 21.5 Å². The van der Waals surface area contributed by atoms with Gasteiger partial charge in [-0.1, -0.05) is 19.8 Å². The molecule has 11 heteroatoms. The Labute approximate surface area is 200 Å². The van der Waals surface area contributed by atoms with E-state index >= 15 is 0 Å². The lowest BCUT2D eigenvalue weighted by atomic mass is 9.77. The van der Waals surface area contributed by atoms with Gasteiger partial charge in [-0.2, -0.15) is 4.39 Å². The summed E-state index contributed by atoms with van der Waals surface area (Å²) in [7, 11) is 3.04. The highest BCUT2D eigenvalue weighted by atomic mass is 19.1. The van der Waals surface area contributed by atoms with E-state index in [2.05, 4.69) is 25.6 Å². The molecule has 0 bridgehead atoms. The van der Waals surface area contributed by atoms with E-state index < -0.39 is 34.6 Å². The van der Waals surface area contributed by atoms with Gasteiger partial charge in [-0.3, -0.25) is 14.4 Å². The first-order valence-corrected chi connectivity index (χ1v) is 11.3. The van der Waals surface area contributed by atoms with E-state index in [1.807, 2.05) is 6.92 Å². The van der Waals surface area contributed by atoms with Crippen molar-refractivity contribution in [1.29, 1.82) is 0 Å². The Morgan fingerprint density at radius 3 is 2.49 bits per heavy atom. The van der Waals surface area contributed by atoms with Gasteiger partial charge in [0.15, 0.2) is 11.4 Å². The summed E-state index contributed by atoms with van der Waals surface area (Å²) in [5.41, 5.74) is -0.955. The van der Waals surface area contributed by atoms with E-state index in [0.717, 1.165) is 25.7 Å². The summed E-state index contributed by atoms with van der Waals surface area (Å²) in [6, 6.07) is 0.839. The Balaban J connectivity index is 1.72. The SMILES string of the molecule is Cc1cnc(F)nc1[C@H](Nc1c(Nc2ccnc(C(=O)N(C)C)c2O)c(=O)c1=O)C1(C)CCCC1. The number of aryl methyl sites for hydroxylation is 1. The van der Waals surface area contributed by atoms with Gasteiger partial charge in [0.25, 0.3) is 16.8 Å². The number of pyridine rings is 1. The highest BCUT2D eigenvalue weighted by Crippen LogP contribution is 2.49. The molecule has 3 N–H and O–H groups in total. The lowest BCUT2D eigenvalue weighted by molar-refractivity contribution is 0.0819. The molecule has 0 unspecified atom stereocenters. The molecule has 0 radical (unpaired) electrons. The second kappa shape index (κ2) is 9.05. The number of nitrogens with one attached hydrogen (secondary N) is 2. The highest BCUT2D eigenvalue weighted by molar-refractivity contribution is 5.97. The summed E-state index contributed by atoms with van der Waals surface area (Å²) in [4.78, 5) is 50.2. The van der Waals surface area contributed by atoms with Crippen LogP contribution < -0.4 is 21.5 Å². The number of halogens is 1. The minimum atomic E-state index is -0.873. The lowest BCUT2D eigenvalue weighted by Gasteiger charge is -2.36. The van der Waals surface area contributed by atoms with Crippen LogP contribution in [0.15, 0.2) is 28.0 Å². The van der Waals surface area contributed by atoms with E-state index in [0.29, 0.717) is 11.3 Å². The fourth-order valence-corrected chi connectivity index (χ4v) is 4.62. The van der Waals surface area contributed by atoms with Gasteiger partial charge in [0.1, 0.15) is 11.4 Å². The van der Waals surface area contributed by atoms with Gasteiger partial charge in [-0.25, -0.2) is 15.0 Å². The zero-order chi connectivity index (χ0) is 25.5. The number of nitrogens with zero attached hydrogens (tertiary/aromatic N) is 4. The Hall–Kier alpha value is -3.89. The molecule has 35 heavy (non-hydrogen) atoms. The first-order chi connectivity index (χ1) is 16.5. The molecular weight excluding hydrogens is 455 g/mol. The fourth-order valence-electron chi connectivity index (χ4n) is 4.62. The second-order valence-electron chi connectivity index (χ2n) is 9.43. The zero-order valence-electron chi connectivity index (χ0n) is 20.0. The first kappa shape index (κ1) is 24.2. The van der Waals surface area contributed by atoms with Crippen molar-refractivity contribution in [3.63, 3.8) is 0 Å². The van der Waals surface area contributed by atoms with Crippen LogP contribution in [0, 0.1) is 18.4 Å². The number of hydrogen-bond donors (Lipinski definition) is 3. The van der Waals surface area contributed by atoms with E-state index in [4.69, 9.17) is 0 Å². The van der Waals surface area contributed by atoms with Crippen LogP contribution in [0.5, 0.6) is 5.75 Å². The van der Waals surface area contributed by atoms with Gasteiger partial charge in [-0.15, -0.1) is 0 Å². The summed E-state index contributed by atoms with van der Waals surface area (Å²) in [5.74, 6) is -0.969. The monoisotopic (exact) mass is 482 g/mol. The van der Waals surface area contributed by atoms with Crippen LogP contribution in [-0.4, -0.2) is 45.0 Å². The molecule has 4 rings (SSSR count). The van der Waals surface area contributed by atoms with Crippen molar-refractivity contribution in [2.45, 2.75) is 45.6 Å². The minimum Gasteiger partial charge on any atom is -0.504 e. The van der Waals surface area contributed by atoms with E-state index in [9.17, 15) is 23.9 Å². The summed E-state index contributed by atoms with van der Waals surface area (Å²) in [5, 5.41) is 16.5. The number of rotatable bonds is 7. The average molecular weight is 483 g/mol. The maximum absolute atomic E-state index is 14.0. The van der Waals surface area contributed by atoms with Crippen molar-refractivity contribution >= 4 is 23.0 Å². The highest BCUT2D eigenvalue weighted by Gasteiger charge is 2.41. The molecule has 1 saturated carbocycles. The molecule has 1 aromatic carbocycles. The predicted octanol–water partition coefficient (Wildman–Crippen LogP) is 2.80. The third-order valence-corrected chi connectivity index (χ3v) is 6.69. The second-order valence-corrected chi connectivity index (χ2v) is 9.43. The molecular formula is C24H27FN6O4. The van der Waals surface area contributed by atoms with E-state index in [1.54, 1.807) is 6.92 Å². The molecule has 1 atom stereocenters. The Bertz CT molecular complexity index is 1360. The number of aromatic nitrogens is 3.